The zero-order valence-corrected chi connectivity index (χ0v) is 15.0. The van der Waals surface area contributed by atoms with Gasteiger partial charge in [0.2, 0.25) is 0 Å². The summed E-state index contributed by atoms with van der Waals surface area (Å²) in [5, 5.41) is 0. The van der Waals surface area contributed by atoms with E-state index in [4.69, 9.17) is 9.47 Å². The molecule has 0 unspecified atom stereocenters. The van der Waals surface area contributed by atoms with Crippen LogP contribution in [0.4, 0.5) is 0 Å². The molecule has 0 saturated carbocycles. The van der Waals surface area contributed by atoms with Gasteiger partial charge in [-0.15, -0.1) is 12.4 Å². The van der Waals surface area contributed by atoms with Crippen molar-refractivity contribution in [2.24, 2.45) is 5.92 Å². The third-order valence-electron chi connectivity index (χ3n) is 5.37. The molecule has 0 amide bonds. The van der Waals surface area contributed by atoms with Crippen LogP contribution >= 0.6 is 12.4 Å². The summed E-state index contributed by atoms with van der Waals surface area (Å²) in [7, 11) is 1.75. The summed E-state index contributed by atoms with van der Waals surface area (Å²) >= 11 is 0. The molecule has 0 bridgehead atoms. The normalized spacial score (nSPS) is 23.4. The Hall–Kier alpha value is -1.71. The lowest BCUT2D eigenvalue weighted by Gasteiger charge is -2.29. The van der Waals surface area contributed by atoms with Crippen LogP contribution in [0.15, 0.2) is 48.5 Å². The number of fused-ring (bicyclic) bond motifs is 3. The van der Waals surface area contributed by atoms with E-state index in [1.807, 2.05) is 12.1 Å². The van der Waals surface area contributed by atoms with Crippen molar-refractivity contribution >= 4 is 12.4 Å². The smallest absolute Gasteiger partial charge is 0.126 e. The first-order chi connectivity index (χ1) is 11.3. The molecule has 3 nitrogen and oxygen atoms in total. The van der Waals surface area contributed by atoms with Crippen LogP contribution < -0.4 is 9.47 Å². The number of benzene rings is 2. The fraction of sp³-hybridized carbons (Fsp3) is 0.400. The van der Waals surface area contributed by atoms with Crippen LogP contribution in [-0.4, -0.2) is 31.7 Å². The van der Waals surface area contributed by atoms with Crippen molar-refractivity contribution in [1.82, 2.24) is 4.90 Å². The Balaban J connectivity index is 0.00000169. The fourth-order valence-electron chi connectivity index (χ4n) is 4.05. The first-order valence-electron chi connectivity index (χ1n) is 8.36. The highest BCUT2D eigenvalue weighted by Crippen LogP contribution is 2.47. The molecule has 0 N–H and O–H groups in total. The van der Waals surface area contributed by atoms with Crippen LogP contribution in [0.3, 0.4) is 0 Å². The van der Waals surface area contributed by atoms with Gasteiger partial charge in [0.1, 0.15) is 11.5 Å². The molecule has 24 heavy (non-hydrogen) atoms. The molecule has 2 heterocycles. The van der Waals surface area contributed by atoms with Gasteiger partial charge < -0.3 is 9.47 Å². The highest BCUT2D eigenvalue weighted by atomic mass is 35.5. The van der Waals surface area contributed by atoms with E-state index in [1.54, 1.807) is 7.11 Å². The quantitative estimate of drug-likeness (QED) is 0.828. The zero-order valence-electron chi connectivity index (χ0n) is 14.1. The topological polar surface area (TPSA) is 21.7 Å². The maximum absolute atomic E-state index is 6.01. The fourth-order valence-corrected chi connectivity index (χ4v) is 4.05. The number of nitrogens with zero attached hydrogens (tertiary/aromatic N) is 1. The molecule has 2 aliphatic rings. The second-order valence-corrected chi connectivity index (χ2v) is 6.59. The summed E-state index contributed by atoms with van der Waals surface area (Å²) in [5.41, 5.74) is 2.64. The van der Waals surface area contributed by atoms with Gasteiger partial charge in [-0.1, -0.05) is 36.4 Å². The highest BCUT2D eigenvalue weighted by Gasteiger charge is 2.41. The van der Waals surface area contributed by atoms with Crippen molar-refractivity contribution in [2.75, 3.05) is 26.8 Å². The number of halogens is 1. The predicted molar refractivity (Wildman–Crippen MR) is 98.4 cm³/mol. The monoisotopic (exact) mass is 345 g/mol. The summed E-state index contributed by atoms with van der Waals surface area (Å²) in [6.45, 7) is 5.26. The predicted octanol–water partition coefficient (Wildman–Crippen LogP) is 4.29. The number of hydrogen-bond donors (Lipinski definition) is 0. The van der Waals surface area contributed by atoms with Crippen molar-refractivity contribution in [1.29, 1.82) is 0 Å². The van der Waals surface area contributed by atoms with Crippen LogP contribution in [-0.2, 0) is 0 Å². The Morgan fingerprint density at radius 2 is 1.88 bits per heavy atom. The Labute approximate surface area is 150 Å². The van der Waals surface area contributed by atoms with Gasteiger partial charge in [0.25, 0.3) is 0 Å². The number of hydrogen-bond acceptors (Lipinski definition) is 3. The minimum absolute atomic E-state index is 0. The Morgan fingerprint density at radius 3 is 2.62 bits per heavy atom. The number of ether oxygens (including phenoxy) is 2. The molecular formula is C20H24ClNO2. The van der Waals surface area contributed by atoms with Crippen LogP contribution in [0.1, 0.15) is 30.0 Å². The van der Waals surface area contributed by atoms with Gasteiger partial charge >= 0.3 is 0 Å². The van der Waals surface area contributed by atoms with Crippen molar-refractivity contribution in [3.8, 4) is 11.5 Å². The molecule has 0 spiro atoms. The standard InChI is InChI=1S/C20H23NO2.ClH/c1-14(15-7-4-3-5-8-15)21-11-16-13-23-19-10-6-9-18(22-2)20(19)17(16)12-21;/h3-10,14,16-17H,11-13H2,1-2H3;1H/t14-,16-,17-;/m1./s1. The molecule has 1 fully saturated rings. The molecule has 2 aromatic carbocycles. The zero-order chi connectivity index (χ0) is 15.8. The molecule has 4 rings (SSSR count). The van der Waals surface area contributed by atoms with E-state index in [2.05, 4.69) is 48.2 Å². The molecule has 1 saturated heterocycles. The number of methoxy groups -OCH3 is 1. The summed E-state index contributed by atoms with van der Waals surface area (Å²) in [4.78, 5) is 2.58. The minimum atomic E-state index is 0. The summed E-state index contributed by atoms with van der Waals surface area (Å²) in [5.74, 6) is 3.01. The van der Waals surface area contributed by atoms with Gasteiger partial charge in [0.15, 0.2) is 0 Å². The first-order valence-corrected chi connectivity index (χ1v) is 8.36. The summed E-state index contributed by atoms with van der Waals surface area (Å²) < 4.78 is 11.6. The molecule has 2 aromatic rings. The van der Waals surface area contributed by atoms with Crippen molar-refractivity contribution in [3.63, 3.8) is 0 Å². The van der Waals surface area contributed by atoms with Crippen LogP contribution in [0.5, 0.6) is 11.5 Å². The van der Waals surface area contributed by atoms with Crippen molar-refractivity contribution in [2.45, 2.75) is 18.9 Å². The van der Waals surface area contributed by atoms with E-state index in [0.717, 1.165) is 31.2 Å². The summed E-state index contributed by atoms with van der Waals surface area (Å²) in [6, 6.07) is 17.3. The van der Waals surface area contributed by atoms with Gasteiger partial charge in [-0.05, 0) is 24.6 Å². The molecule has 4 heteroatoms. The lowest BCUT2D eigenvalue weighted by molar-refractivity contribution is 0.201. The lowest BCUT2D eigenvalue weighted by atomic mass is 9.86. The van der Waals surface area contributed by atoms with Gasteiger partial charge in [-0.3, -0.25) is 4.90 Å². The molecule has 0 aliphatic carbocycles. The van der Waals surface area contributed by atoms with E-state index in [-0.39, 0.29) is 12.4 Å². The average Bonchev–Trinajstić information content (AvgIpc) is 3.05. The Bertz CT molecular complexity index is 677. The lowest BCUT2D eigenvalue weighted by Crippen LogP contribution is -2.26. The van der Waals surface area contributed by atoms with E-state index < -0.39 is 0 Å². The van der Waals surface area contributed by atoms with Gasteiger partial charge in [-0.25, -0.2) is 0 Å². The maximum atomic E-state index is 6.01. The van der Waals surface area contributed by atoms with E-state index in [1.165, 1.54) is 11.1 Å². The number of rotatable bonds is 3. The van der Waals surface area contributed by atoms with E-state index in [9.17, 15) is 0 Å². The second kappa shape index (κ2) is 7.04. The molecular weight excluding hydrogens is 322 g/mol. The number of likely N-dealkylation sites (tertiary alicyclic amines) is 1. The van der Waals surface area contributed by atoms with Gasteiger partial charge in [0, 0.05) is 36.5 Å². The van der Waals surface area contributed by atoms with Gasteiger partial charge in [-0.2, -0.15) is 0 Å². The molecule has 128 valence electrons. The highest BCUT2D eigenvalue weighted by molar-refractivity contribution is 5.85. The van der Waals surface area contributed by atoms with Gasteiger partial charge in [0.05, 0.1) is 13.7 Å². The molecule has 0 radical (unpaired) electrons. The van der Waals surface area contributed by atoms with E-state index in [0.29, 0.717) is 17.9 Å². The second-order valence-electron chi connectivity index (χ2n) is 6.59. The average molecular weight is 346 g/mol. The Kier molecular flexibility index (Phi) is 5.02. The SMILES string of the molecule is COc1cccc2c1[C@@H]1CN([C@H](C)c3ccccc3)C[C@@H]1CO2.Cl. The van der Waals surface area contributed by atoms with E-state index >= 15 is 0 Å². The summed E-state index contributed by atoms with van der Waals surface area (Å²) in [6.07, 6.45) is 0. The molecule has 2 aliphatic heterocycles. The third kappa shape index (κ3) is 2.87. The Morgan fingerprint density at radius 1 is 1.08 bits per heavy atom. The molecule has 3 atom stereocenters. The third-order valence-corrected chi connectivity index (χ3v) is 5.37. The van der Waals surface area contributed by atoms with Crippen molar-refractivity contribution in [3.05, 3.63) is 59.7 Å². The molecule has 0 aromatic heterocycles. The first kappa shape index (κ1) is 17.1. The van der Waals surface area contributed by atoms with Crippen LogP contribution in [0.2, 0.25) is 0 Å². The minimum Gasteiger partial charge on any atom is -0.496 e. The van der Waals surface area contributed by atoms with Crippen LogP contribution in [0, 0.1) is 5.92 Å². The maximum Gasteiger partial charge on any atom is 0.126 e. The largest absolute Gasteiger partial charge is 0.496 e. The van der Waals surface area contributed by atoms with Crippen molar-refractivity contribution < 1.29 is 9.47 Å². The van der Waals surface area contributed by atoms with Crippen LogP contribution in [0.25, 0.3) is 0 Å².